The maximum absolute atomic E-state index is 5.93. The Bertz CT molecular complexity index is 661. The Kier molecular flexibility index (Phi) is 5.54. The summed E-state index contributed by atoms with van der Waals surface area (Å²) in [6.07, 6.45) is 1.62. The van der Waals surface area contributed by atoms with E-state index in [0.29, 0.717) is 11.6 Å². The molecule has 0 amide bonds. The van der Waals surface area contributed by atoms with Crippen molar-refractivity contribution in [2.75, 3.05) is 0 Å². The van der Waals surface area contributed by atoms with E-state index in [2.05, 4.69) is 22.7 Å². The first-order chi connectivity index (χ1) is 10.1. The van der Waals surface area contributed by atoms with Gasteiger partial charge in [-0.15, -0.1) is 0 Å². The molecular formula is C15H14ClN3OS. The molecule has 0 aliphatic carbocycles. The van der Waals surface area contributed by atoms with Crippen molar-refractivity contribution in [2.45, 2.75) is 6.61 Å². The maximum atomic E-state index is 5.93. The van der Waals surface area contributed by atoms with E-state index < -0.39 is 0 Å². The number of hydrogen-bond acceptors (Lipinski definition) is 3. The van der Waals surface area contributed by atoms with E-state index in [0.717, 1.165) is 16.9 Å². The van der Waals surface area contributed by atoms with Gasteiger partial charge in [0.1, 0.15) is 12.4 Å². The van der Waals surface area contributed by atoms with Crippen LogP contribution in [0.2, 0.25) is 5.02 Å². The lowest BCUT2D eigenvalue weighted by Gasteiger charge is -2.07. The fourth-order valence-corrected chi connectivity index (χ4v) is 1.91. The molecule has 0 aliphatic rings. The Morgan fingerprint density at radius 2 is 2.10 bits per heavy atom. The van der Waals surface area contributed by atoms with E-state index >= 15 is 0 Å². The van der Waals surface area contributed by atoms with Crippen LogP contribution in [0.25, 0.3) is 0 Å². The van der Waals surface area contributed by atoms with Crippen molar-refractivity contribution >= 4 is 35.1 Å². The van der Waals surface area contributed by atoms with Gasteiger partial charge in [0.25, 0.3) is 0 Å². The number of nitrogens with one attached hydrogen (secondary N) is 1. The SMILES string of the molecule is NC(=S)NN=Cc1cccc(OCc2cccc(Cl)c2)c1. The smallest absolute Gasteiger partial charge is 0.184 e. The largest absolute Gasteiger partial charge is 0.489 e. The number of hydrogen-bond donors (Lipinski definition) is 2. The van der Waals surface area contributed by atoms with E-state index in [-0.39, 0.29) is 5.11 Å². The summed E-state index contributed by atoms with van der Waals surface area (Å²) in [6.45, 7) is 0.451. The summed E-state index contributed by atoms with van der Waals surface area (Å²) in [5.41, 5.74) is 9.67. The molecule has 0 spiro atoms. The molecule has 0 fully saturated rings. The number of ether oxygens (including phenoxy) is 1. The number of hydrazone groups is 1. The predicted molar refractivity (Wildman–Crippen MR) is 89.7 cm³/mol. The van der Waals surface area contributed by atoms with Crippen LogP contribution in [-0.2, 0) is 6.61 Å². The molecule has 0 aromatic heterocycles. The zero-order chi connectivity index (χ0) is 15.1. The fraction of sp³-hybridized carbons (Fsp3) is 0.0667. The van der Waals surface area contributed by atoms with Crippen LogP contribution < -0.4 is 15.9 Å². The van der Waals surface area contributed by atoms with Crippen molar-refractivity contribution < 1.29 is 4.74 Å². The summed E-state index contributed by atoms with van der Waals surface area (Å²) in [6, 6.07) is 15.1. The van der Waals surface area contributed by atoms with Crippen molar-refractivity contribution in [1.82, 2.24) is 5.43 Å². The van der Waals surface area contributed by atoms with Crippen molar-refractivity contribution in [2.24, 2.45) is 10.8 Å². The molecular weight excluding hydrogens is 306 g/mol. The third kappa shape index (κ3) is 5.41. The van der Waals surface area contributed by atoms with Crippen molar-refractivity contribution in [3.63, 3.8) is 0 Å². The first-order valence-electron chi connectivity index (χ1n) is 6.19. The molecule has 0 heterocycles. The van der Waals surface area contributed by atoms with Gasteiger partial charge in [0, 0.05) is 5.02 Å². The second-order valence-electron chi connectivity index (χ2n) is 4.23. The first kappa shape index (κ1) is 15.3. The molecule has 4 nitrogen and oxygen atoms in total. The zero-order valence-electron chi connectivity index (χ0n) is 11.1. The molecule has 0 saturated carbocycles. The molecule has 2 aromatic carbocycles. The Balaban J connectivity index is 1.97. The molecule has 21 heavy (non-hydrogen) atoms. The zero-order valence-corrected chi connectivity index (χ0v) is 12.7. The molecule has 0 aliphatic heterocycles. The van der Waals surface area contributed by atoms with Gasteiger partial charge >= 0.3 is 0 Å². The fourth-order valence-electron chi connectivity index (χ4n) is 1.65. The second-order valence-corrected chi connectivity index (χ2v) is 5.10. The molecule has 0 unspecified atom stereocenters. The van der Waals surface area contributed by atoms with Crippen molar-refractivity contribution in [1.29, 1.82) is 0 Å². The number of nitrogens with two attached hydrogens (primary N) is 1. The molecule has 0 radical (unpaired) electrons. The van der Waals surface area contributed by atoms with Crippen LogP contribution in [0.1, 0.15) is 11.1 Å². The van der Waals surface area contributed by atoms with Crippen LogP contribution in [0.15, 0.2) is 53.6 Å². The lowest BCUT2D eigenvalue weighted by atomic mass is 10.2. The van der Waals surface area contributed by atoms with Gasteiger partial charge in [-0.3, -0.25) is 5.43 Å². The van der Waals surface area contributed by atoms with E-state index in [1.54, 1.807) is 6.21 Å². The van der Waals surface area contributed by atoms with Gasteiger partial charge in [-0.05, 0) is 47.6 Å². The van der Waals surface area contributed by atoms with E-state index in [4.69, 9.17) is 22.1 Å². The quantitative estimate of drug-likeness (QED) is 0.505. The average Bonchev–Trinajstić information content (AvgIpc) is 2.45. The van der Waals surface area contributed by atoms with E-state index in [9.17, 15) is 0 Å². The normalized spacial score (nSPS) is 10.5. The summed E-state index contributed by atoms with van der Waals surface area (Å²) < 4.78 is 5.72. The maximum Gasteiger partial charge on any atom is 0.184 e. The molecule has 3 N–H and O–H groups in total. The lowest BCUT2D eigenvalue weighted by Crippen LogP contribution is -2.23. The van der Waals surface area contributed by atoms with Gasteiger partial charge in [-0.25, -0.2) is 0 Å². The topological polar surface area (TPSA) is 59.6 Å². The molecule has 6 heteroatoms. The molecule has 0 saturated heterocycles. The third-order valence-electron chi connectivity index (χ3n) is 2.54. The number of nitrogens with zero attached hydrogens (tertiary/aromatic N) is 1. The third-order valence-corrected chi connectivity index (χ3v) is 2.87. The Labute approximate surface area is 133 Å². The number of thiocarbonyl (C=S) groups is 1. The summed E-state index contributed by atoms with van der Waals surface area (Å²) >= 11 is 10.6. The minimum Gasteiger partial charge on any atom is -0.489 e. The summed E-state index contributed by atoms with van der Waals surface area (Å²) in [7, 11) is 0. The summed E-state index contributed by atoms with van der Waals surface area (Å²) in [5, 5.41) is 4.72. The number of rotatable bonds is 5. The van der Waals surface area contributed by atoms with Gasteiger partial charge in [0.15, 0.2) is 5.11 Å². The highest BCUT2D eigenvalue weighted by molar-refractivity contribution is 7.80. The molecule has 108 valence electrons. The standard InChI is InChI=1S/C15H14ClN3OS/c16-13-5-1-4-12(7-13)10-20-14-6-2-3-11(8-14)9-18-19-15(17)21/h1-9H,10H2,(H3,17,19,21). The second kappa shape index (κ2) is 7.61. The van der Waals surface area contributed by atoms with Crippen LogP contribution in [0.3, 0.4) is 0 Å². The highest BCUT2D eigenvalue weighted by Gasteiger charge is 1.98. The average molecular weight is 320 g/mol. The number of benzene rings is 2. The monoisotopic (exact) mass is 319 g/mol. The van der Waals surface area contributed by atoms with Crippen LogP contribution in [0, 0.1) is 0 Å². The number of halogens is 1. The Morgan fingerprint density at radius 1 is 1.29 bits per heavy atom. The molecule has 2 rings (SSSR count). The van der Waals surface area contributed by atoms with Gasteiger partial charge in [0.05, 0.1) is 6.21 Å². The van der Waals surface area contributed by atoms with E-state index in [1.807, 2.05) is 48.5 Å². The van der Waals surface area contributed by atoms with Crippen LogP contribution in [0.5, 0.6) is 5.75 Å². The van der Waals surface area contributed by atoms with Gasteiger partial charge < -0.3 is 10.5 Å². The summed E-state index contributed by atoms with van der Waals surface area (Å²) in [5.74, 6) is 0.745. The van der Waals surface area contributed by atoms with Crippen molar-refractivity contribution in [3.8, 4) is 5.75 Å². The minimum absolute atomic E-state index is 0.125. The van der Waals surface area contributed by atoms with E-state index in [1.165, 1.54) is 0 Å². The summed E-state index contributed by atoms with van der Waals surface area (Å²) in [4.78, 5) is 0. The molecule has 0 bridgehead atoms. The van der Waals surface area contributed by atoms with Crippen LogP contribution in [-0.4, -0.2) is 11.3 Å². The van der Waals surface area contributed by atoms with Crippen LogP contribution >= 0.6 is 23.8 Å². The Morgan fingerprint density at radius 3 is 2.86 bits per heavy atom. The Hall–Kier alpha value is -2.11. The van der Waals surface area contributed by atoms with Gasteiger partial charge in [-0.1, -0.05) is 35.9 Å². The minimum atomic E-state index is 0.125. The van der Waals surface area contributed by atoms with Gasteiger partial charge in [0.2, 0.25) is 0 Å². The lowest BCUT2D eigenvalue weighted by molar-refractivity contribution is 0.306. The first-order valence-corrected chi connectivity index (χ1v) is 6.98. The highest BCUT2D eigenvalue weighted by atomic mass is 35.5. The van der Waals surface area contributed by atoms with Crippen molar-refractivity contribution in [3.05, 3.63) is 64.7 Å². The molecule has 0 atom stereocenters. The van der Waals surface area contributed by atoms with Crippen LogP contribution in [0.4, 0.5) is 0 Å². The predicted octanol–water partition coefficient (Wildman–Crippen LogP) is 3.09. The molecule has 2 aromatic rings. The van der Waals surface area contributed by atoms with Gasteiger partial charge in [-0.2, -0.15) is 5.10 Å². The highest BCUT2D eigenvalue weighted by Crippen LogP contribution is 2.16.